The van der Waals surface area contributed by atoms with E-state index in [2.05, 4.69) is 15.3 Å². The first-order chi connectivity index (χ1) is 15.5. The largest absolute Gasteiger partial charge is 0.338 e. The number of benzene rings is 2. The van der Waals surface area contributed by atoms with E-state index in [1.165, 1.54) is 15.6 Å². The number of fused-ring (bicyclic) bond motifs is 1. The van der Waals surface area contributed by atoms with E-state index >= 15 is 0 Å². The van der Waals surface area contributed by atoms with Gasteiger partial charge in [-0.05, 0) is 48.6 Å². The second-order valence-corrected chi connectivity index (χ2v) is 10.9. The lowest BCUT2D eigenvalue weighted by molar-refractivity contribution is -0.120. The molecule has 2 aromatic heterocycles. The summed E-state index contributed by atoms with van der Waals surface area (Å²) < 4.78 is 27.5. The zero-order valence-electron chi connectivity index (χ0n) is 17.2. The lowest BCUT2D eigenvalue weighted by Gasteiger charge is -2.30. The Morgan fingerprint density at radius 1 is 1.09 bits per heavy atom. The van der Waals surface area contributed by atoms with Crippen molar-refractivity contribution >= 4 is 44.0 Å². The molecule has 5 rings (SSSR count). The van der Waals surface area contributed by atoms with Crippen LogP contribution in [0, 0.1) is 5.92 Å². The van der Waals surface area contributed by atoms with Gasteiger partial charge >= 0.3 is 0 Å². The Balaban J connectivity index is 1.36. The fourth-order valence-corrected chi connectivity index (χ4v) is 6.69. The van der Waals surface area contributed by atoms with Gasteiger partial charge in [0.1, 0.15) is 10.0 Å². The summed E-state index contributed by atoms with van der Waals surface area (Å²) in [6.45, 7) is 0.610. The van der Waals surface area contributed by atoms with Crippen LogP contribution >= 0.6 is 11.3 Å². The Labute approximate surface area is 190 Å². The van der Waals surface area contributed by atoms with Gasteiger partial charge < -0.3 is 10.3 Å². The second-order valence-electron chi connectivity index (χ2n) is 7.77. The molecule has 1 atom stereocenters. The van der Waals surface area contributed by atoms with Crippen LogP contribution in [0.1, 0.15) is 12.8 Å². The third kappa shape index (κ3) is 3.94. The Morgan fingerprint density at radius 2 is 1.91 bits per heavy atom. The minimum Gasteiger partial charge on any atom is -0.338 e. The summed E-state index contributed by atoms with van der Waals surface area (Å²) in [5.74, 6) is 0.0782. The summed E-state index contributed by atoms with van der Waals surface area (Å²) in [6.07, 6.45) is 1.29. The maximum Gasteiger partial charge on any atom is 0.252 e. The molecule has 0 spiro atoms. The van der Waals surface area contributed by atoms with Crippen LogP contribution in [0.15, 0.2) is 70.3 Å². The number of rotatable bonds is 5. The predicted octanol–water partition coefficient (Wildman–Crippen LogP) is 4.33. The highest BCUT2D eigenvalue weighted by Gasteiger charge is 2.34. The van der Waals surface area contributed by atoms with Crippen LogP contribution in [0.5, 0.6) is 0 Å². The number of aromatic nitrogens is 2. The zero-order valence-corrected chi connectivity index (χ0v) is 18.8. The molecule has 0 aliphatic carbocycles. The number of sulfonamides is 1. The quantitative estimate of drug-likeness (QED) is 0.458. The number of piperidine rings is 1. The summed E-state index contributed by atoms with van der Waals surface area (Å²) in [4.78, 5) is 21.1. The van der Waals surface area contributed by atoms with Crippen LogP contribution in [-0.4, -0.2) is 41.7 Å². The molecule has 1 saturated heterocycles. The Hall–Kier alpha value is -3.01. The van der Waals surface area contributed by atoms with Crippen LogP contribution in [0.25, 0.3) is 22.4 Å². The van der Waals surface area contributed by atoms with Crippen LogP contribution in [0.3, 0.4) is 0 Å². The maximum absolute atomic E-state index is 13.1. The first-order valence-electron chi connectivity index (χ1n) is 10.4. The maximum atomic E-state index is 13.1. The van der Waals surface area contributed by atoms with Gasteiger partial charge in [-0.1, -0.05) is 30.3 Å². The van der Waals surface area contributed by atoms with Crippen molar-refractivity contribution in [3.8, 4) is 11.4 Å². The Morgan fingerprint density at radius 3 is 2.72 bits per heavy atom. The molecule has 1 unspecified atom stereocenters. The van der Waals surface area contributed by atoms with Crippen molar-refractivity contribution in [3.05, 3.63) is 66.0 Å². The first kappa shape index (κ1) is 20.9. The van der Waals surface area contributed by atoms with Gasteiger partial charge in [-0.15, -0.1) is 11.3 Å². The molecule has 0 radical (unpaired) electrons. The van der Waals surface area contributed by atoms with E-state index in [1.807, 2.05) is 48.5 Å². The number of anilines is 1. The van der Waals surface area contributed by atoms with E-state index in [-0.39, 0.29) is 12.5 Å². The van der Waals surface area contributed by atoms with Crippen molar-refractivity contribution in [1.82, 2.24) is 14.3 Å². The van der Waals surface area contributed by atoms with Crippen molar-refractivity contribution in [1.29, 1.82) is 0 Å². The molecule has 4 aromatic rings. The molecular formula is C23H22N4O3S2. The number of amides is 1. The SMILES string of the molecule is O=C(Nc1ccccc1-c1nc2ccccc2[nH]1)C1CCCN(S(=O)(=O)c2cccs2)C1. The standard InChI is InChI=1S/C23H22N4O3S2/c28-23(16-7-5-13-27(15-16)32(29,30)21-12-6-14-31-21)26-18-9-2-1-8-17(18)22-24-19-10-3-4-11-20(19)25-22/h1-4,6,8-12,14,16H,5,7,13,15H2,(H,24,25)(H,26,28). The topological polar surface area (TPSA) is 95.2 Å². The number of carbonyl (C=O) groups is 1. The van der Waals surface area contributed by atoms with E-state index < -0.39 is 15.9 Å². The van der Waals surface area contributed by atoms with Gasteiger partial charge in [0.15, 0.2) is 0 Å². The minimum absolute atomic E-state index is 0.179. The zero-order chi connectivity index (χ0) is 22.1. The number of nitrogens with one attached hydrogen (secondary N) is 2. The van der Waals surface area contributed by atoms with Gasteiger partial charge in [0.25, 0.3) is 10.0 Å². The monoisotopic (exact) mass is 466 g/mol. The summed E-state index contributed by atoms with van der Waals surface area (Å²) >= 11 is 1.20. The highest BCUT2D eigenvalue weighted by atomic mass is 32.2. The van der Waals surface area contributed by atoms with Crippen molar-refractivity contribution in [2.75, 3.05) is 18.4 Å². The number of imidazole rings is 1. The van der Waals surface area contributed by atoms with E-state index in [0.29, 0.717) is 35.1 Å². The molecule has 0 bridgehead atoms. The fraction of sp³-hybridized carbons (Fsp3) is 0.217. The van der Waals surface area contributed by atoms with Gasteiger partial charge in [-0.3, -0.25) is 4.79 Å². The number of hydrogen-bond acceptors (Lipinski definition) is 5. The van der Waals surface area contributed by atoms with Gasteiger partial charge in [0.05, 0.1) is 22.6 Å². The Bertz CT molecular complexity index is 1330. The number of aromatic amines is 1. The molecule has 1 fully saturated rings. The molecule has 7 nitrogen and oxygen atoms in total. The summed E-state index contributed by atoms with van der Waals surface area (Å²) in [5.41, 5.74) is 3.21. The third-order valence-corrected chi connectivity index (χ3v) is 8.91. The molecule has 2 aromatic carbocycles. The van der Waals surface area contributed by atoms with Crippen molar-refractivity contribution in [3.63, 3.8) is 0 Å². The summed E-state index contributed by atoms with van der Waals surface area (Å²) in [5, 5.41) is 4.76. The number of H-pyrrole nitrogens is 1. The van der Waals surface area contributed by atoms with E-state index in [4.69, 9.17) is 0 Å². The minimum atomic E-state index is -3.57. The third-order valence-electron chi connectivity index (χ3n) is 5.67. The average Bonchev–Trinajstić information content (AvgIpc) is 3.50. The molecule has 2 N–H and O–H groups in total. The summed E-state index contributed by atoms with van der Waals surface area (Å²) in [7, 11) is -3.57. The van der Waals surface area contributed by atoms with E-state index in [1.54, 1.807) is 17.5 Å². The molecular weight excluding hydrogens is 444 g/mol. The lowest BCUT2D eigenvalue weighted by atomic mass is 9.98. The summed E-state index contributed by atoms with van der Waals surface area (Å²) in [6, 6.07) is 18.6. The van der Waals surface area contributed by atoms with E-state index in [9.17, 15) is 13.2 Å². The number of carbonyl (C=O) groups excluding carboxylic acids is 1. The van der Waals surface area contributed by atoms with Gasteiger partial charge in [0, 0.05) is 18.7 Å². The second kappa shape index (κ2) is 8.50. The first-order valence-corrected chi connectivity index (χ1v) is 12.7. The average molecular weight is 467 g/mol. The van der Waals surface area contributed by atoms with Crippen LogP contribution in [-0.2, 0) is 14.8 Å². The van der Waals surface area contributed by atoms with Crippen LogP contribution in [0.2, 0.25) is 0 Å². The molecule has 164 valence electrons. The van der Waals surface area contributed by atoms with Gasteiger partial charge in [-0.2, -0.15) is 4.31 Å². The molecule has 1 aliphatic rings. The molecule has 9 heteroatoms. The number of nitrogens with zero attached hydrogens (tertiary/aromatic N) is 2. The molecule has 3 heterocycles. The smallest absolute Gasteiger partial charge is 0.252 e. The van der Waals surface area contributed by atoms with Gasteiger partial charge in [-0.25, -0.2) is 13.4 Å². The number of para-hydroxylation sites is 3. The van der Waals surface area contributed by atoms with Crippen LogP contribution in [0.4, 0.5) is 5.69 Å². The highest BCUT2D eigenvalue weighted by molar-refractivity contribution is 7.91. The Kier molecular flexibility index (Phi) is 5.54. The van der Waals surface area contributed by atoms with Crippen molar-refractivity contribution in [2.24, 2.45) is 5.92 Å². The van der Waals surface area contributed by atoms with Crippen molar-refractivity contribution in [2.45, 2.75) is 17.1 Å². The number of thiophene rings is 1. The predicted molar refractivity (Wildman–Crippen MR) is 126 cm³/mol. The molecule has 1 amide bonds. The normalized spacial score (nSPS) is 17.4. The highest BCUT2D eigenvalue weighted by Crippen LogP contribution is 2.30. The van der Waals surface area contributed by atoms with Crippen LogP contribution < -0.4 is 5.32 Å². The number of hydrogen-bond donors (Lipinski definition) is 2. The van der Waals surface area contributed by atoms with Gasteiger partial charge in [0.2, 0.25) is 5.91 Å². The van der Waals surface area contributed by atoms with E-state index in [0.717, 1.165) is 16.6 Å². The molecule has 32 heavy (non-hydrogen) atoms. The lowest BCUT2D eigenvalue weighted by Crippen LogP contribution is -2.43. The van der Waals surface area contributed by atoms with Crippen molar-refractivity contribution < 1.29 is 13.2 Å². The fourth-order valence-electron chi connectivity index (χ4n) is 4.03. The molecule has 0 saturated carbocycles. The molecule has 1 aliphatic heterocycles.